The topological polar surface area (TPSA) is 132 Å². The Hall–Kier alpha value is -3.95. The molecule has 10 heteroatoms. The van der Waals surface area contributed by atoms with Gasteiger partial charge in [-0.2, -0.15) is 5.10 Å². The van der Waals surface area contributed by atoms with Gasteiger partial charge < -0.3 is 14.8 Å². The van der Waals surface area contributed by atoms with Crippen LogP contribution in [0.4, 0.5) is 11.4 Å². The number of benzene rings is 2. The Morgan fingerprint density at radius 1 is 1.28 bits per heavy atom. The average molecular weight is 400 g/mol. The Morgan fingerprint density at radius 3 is 2.66 bits per heavy atom. The first-order valence-corrected chi connectivity index (χ1v) is 8.48. The molecule has 1 amide bonds. The molecule has 0 spiro atoms. The number of ether oxygens (including phenoxy) is 2. The van der Waals surface area contributed by atoms with Crippen LogP contribution in [0, 0.1) is 17.0 Å². The van der Waals surface area contributed by atoms with E-state index in [1.165, 1.54) is 26.2 Å². The summed E-state index contributed by atoms with van der Waals surface area (Å²) in [6.45, 7) is 3.07. The molecule has 2 N–H and O–H groups in total. The zero-order valence-corrected chi connectivity index (χ0v) is 16.1. The van der Waals surface area contributed by atoms with Gasteiger partial charge in [0.25, 0.3) is 5.91 Å². The SMILES string of the molecule is COc1c(OC(C)=O)ccc(/C=N/NC(=O)CNc2cccc(C)c2)c1[N+](=O)[O-]. The van der Waals surface area contributed by atoms with E-state index in [0.29, 0.717) is 0 Å². The van der Waals surface area contributed by atoms with Gasteiger partial charge in [0.05, 0.1) is 30.4 Å². The number of amides is 1. The van der Waals surface area contributed by atoms with E-state index in [1.807, 2.05) is 31.2 Å². The molecule has 0 aliphatic carbocycles. The highest BCUT2D eigenvalue weighted by atomic mass is 16.6. The van der Waals surface area contributed by atoms with Crippen LogP contribution in [0.25, 0.3) is 0 Å². The molecule has 2 aromatic carbocycles. The molecular weight excluding hydrogens is 380 g/mol. The summed E-state index contributed by atoms with van der Waals surface area (Å²) >= 11 is 0. The number of nitrogens with one attached hydrogen (secondary N) is 2. The van der Waals surface area contributed by atoms with E-state index in [4.69, 9.17) is 9.47 Å². The standard InChI is InChI=1S/C19H20N4O6/c1-12-5-4-6-15(9-12)20-11-17(25)22-21-10-14-7-8-16(29-13(2)24)19(28-3)18(14)23(26)27/h4-10,20H,11H2,1-3H3,(H,22,25)/b21-10+. The first kappa shape index (κ1) is 21.4. The molecule has 0 fully saturated rings. The van der Waals surface area contributed by atoms with Gasteiger partial charge in [-0.05, 0) is 36.8 Å². The zero-order chi connectivity index (χ0) is 21.4. The van der Waals surface area contributed by atoms with Crippen LogP contribution in [-0.2, 0) is 9.59 Å². The number of nitro groups is 1. The van der Waals surface area contributed by atoms with Crippen molar-refractivity contribution in [1.82, 2.24) is 5.43 Å². The predicted molar refractivity (Wildman–Crippen MR) is 106 cm³/mol. The Labute approximate surface area is 166 Å². The summed E-state index contributed by atoms with van der Waals surface area (Å²) in [5.74, 6) is -1.39. The second-order valence-electron chi connectivity index (χ2n) is 5.90. The first-order chi connectivity index (χ1) is 13.8. The molecule has 0 saturated carbocycles. The molecular formula is C19H20N4O6. The highest BCUT2D eigenvalue weighted by Gasteiger charge is 2.25. The van der Waals surface area contributed by atoms with Gasteiger partial charge in [0.2, 0.25) is 5.75 Å². The summed E-state index contributed by atoms with van der Waals surface area (Å²) in [6.07, 6.45) is 1.11. The van der Waals surface area contributed by atoms with Gasteiger partial charge in [-0.25, -0.2) is 5.43 Å². The average Bonchev–Trinajstić information content (AvgIpc) is 2.66. The van der Waals surface area contributed by atoms with Crippen molar-refractivity contribution in [1.29, 1.82) is 0 Å². The minimum absolute atomic E-state index is 0.0302. The van der Waals surface area contributed by atoms with Crippen LogP contribution in [0.5, 0.6) is 11.5 Å². The molecule has 0 aromatic heterocycles. The molecule has 152 valence electrons. The van der Waals surface area contributed by atoms with Gasteiger partial charge in [0.15, 0.2) is 5.75 Å². The lowest BCUT2D eigenvalue weighted by Crippen LogP contribution is -2.25. The molecule has 0 aliphatic rings. The Balaban J connectivity index is 2.09. The van der Waals surface area contributed by atoms with Gasteiger partial charge in [0, 0.05) is 12.6 Å². The number of carbonyl (C=O) groups excluding carboxylic acids is 2. The van der Waals surface area contributed by atoms with E-state index in [2.05, 4.69) is 15.8 Å². The lowest BCUT2D eigenvalue weighted by atomic mass is 10.1. The summed E-state index contributed by atoms with van der Waals surface area (Å²) in [5, 5.41) is 18.1. The third kappa shape index (κ3) is 6.03. The highest BCUT2D eigenvalue weighted by molar-refractivity contribution is 5.90. The molecule has 29 heavy (non-hydrogen) atoms. The fourth-order valence-corrected chi connectivity index (χ4v) is 2.44. The number of carbonyl (C=O) groups is 2. The summed E-state index contributed by atoms with van der Waals surface area (Å²) in [7, 11) is 1.22. The molecule has 0 saturated heterocycles. The van der Waals surface area contributed by atoms with Crippen molar-refractivity contribution in [2.75, 3.05) is 19.0 Å². The van der Waals surface area contributed by atoms with Gasteiger partial charge >= 0.3 is 11.7 Å². The highest BCUT2D eigenvalue weighted by Crippen LogP contribution is 2.39. The molecule has 0 atom stereocenters. The quantitative estimate of drug-likeness (QED) is 0.229. The monoisotopic (exact) mass is 400 g/mol. The van der Waals surface area contributed by atoms with Crippen LogP contribution in [0.2, 0.25) is 0 Å². The van der Waals surface area contributed by atoms with Crippen molar-refractivity contribution in [3.8, 4) is 11.5 Å². The first-order valence-electron chi connectivity index (χ1n) is 8.48. The molecule has 0 aliphatic heterocycles. The van der Waals surface area contributed by atoms with Crippen molar-refractivity contribution in [3.05, 3.63) is 57.6 Å². The lowest BCUT2D eigenvalue weighted by Gasteiger charge is -2.09. The maximum atomic E-state index is 11.9. The number of hydrazone groups is 1. The van der Waals surface area contributed by atoms with Crippen molar-refractivity contribution in [2.24, 2.45) is 5.10 Å². The second-order valence-corrected chi connectivity index (χ2v) is 5.90. The maximum absolute atomic E-state index is 11.9. The number of hydrogen-bond acceptors (Lipinski definition) is 8. The van der Waals surface area contributed by atoms with E-state index in [9.17, 15) is 19.7 Å². The number of hydrogen-bond donors (Lipinski definition) is 2. The number of rotatable bonds is 8. The van der Waals surface area contributed by atoms with Crippen LogP contribution in [0.3, 0.4) is 0 Å². The van der Waals surface area contributed by atoms with Crippen LogP contribution < -0.4 is 20.2 Å². The molecule has 0 radical (unpaired) electrons. The van der Waals surface area contributed by atoms with Crippen LogP contribution in [0.15, 0.2) is 41.5 Å². The van der Waals surface area contributed by atoms with Gasteiger partial charge in [-0.1, -0.05) is 12.1 Å². The van der Waals surface area contributed by atoms with Gasteiger partial charge in [0.1, 0.15) is 0 Å². The second kappa shape index (κ2) is 9.83. The Kier molecular flexibility index (Phi) is 7.24. The molecule has 10 nitrogen and oxygen atoms in total. The molecule has 0 heterocycles. The normalized spacial score (nSPS) is 10.4. The smallest absolute Gasteiger partial charge is 0.323 e. The molecule has 0 bridgehead atoms. The van der Waals surface area contributed by atoms with Crippen molar-refractivity contribution in [3.63, 3.8) is 0 Å². The number of nitro benzene ring substituents is 1. The molecule has 0 unspecified atom stereocenters. The predicted octanol–water partition coefficient (Wildman–Crippen LogP) is 2.40. The summed E-state index contributed by atoms with van der Waals surface area (Å²) < 4.78 is 9.94. The fraction of sp³-hybridized carbons (Fsp3) is 0.211. The van der Waals surface area contributed by atoms with Crippen LogP contribution >= 0.6 is 0 Å². The van der Waals surface area contributed by atoms with Crippen LogP contribution in [-0.4, -0.2) is 36.7 Å². The van der Waals surface area contributed by atoms with Gasteiger partial charge in [-0.3, -0.25) is 19.7 Å². The van der Waals surface area contributed by atoms with E-state index in [-0.39, 0.29) is 23.6 Å². The summed E-state index contributed by atoms with van der Waals surface area (Å²) in [5.41, 5.74) is 3.74. The third-order valence-electron chi connectivity index (χ3n) is 3.63. The largest absolute Gasteiger partial charge is 0.488 e. The number of aryl methyl sites for hydroxylation is 1. The fourth-order valence-electron chi connectivity index (χ4n) is 2.44. The number of nitrogens with zero attached hydrogens (tertiary/aromatic N) is 2. The van der Waals surface area contributed by atoms with E-state index in [0.717, 1.165) is 17.5 Å². The Bertz CT molecular complexity index is 958. The third-order valence-corrected chi connectivity index (χ3v) is 3.63. The number of anilines is 1. The van der Waals surface area contributed by atoms with Crippen molar-refractivity contribution >= 4 is 29.5 Å². The number of methoxy groups -OCH3 is 1. The summed E-state index contributed by atoms with van der Waals surface area (Å²) in [6, 6.07) is 10.2. The summed E-state index contributed by atoms with van der Waals surface area (Å²) in [4.78, 5) is 33.8. The van der Waals surface area contributed by atoms with E-state index < -0.39 is 22.5 Å². The van der Waals surface area contributed by atoms with Crippen molar-refractivity contribution < 1.29 is 24.0 Å². The minimum atomic E-state index is -0.686. The Morgan fingerprint density at radius 2 is 2.03 bits per heavy atom. The van der Waals surface area contributed by atoms with Crippen LogP contribution in [0.1, 0.15) is 18.1 Å². The van der Waals surface area contributed by atoms with E-state index >= 15 is 0 Å². The molecule has 2 rings (SSSR count). The molecule has 2 aromatic rings. The maximum Gasteiger partial charge on any atom is 0.323 e. The van der Waals surface area contributed by atoms with Gasteiger partial charge in [-0.15, -0.1) is 0 Å². The minimum Gasteiger partial charge on any atom is -0.488 e. The van der Waals surface area contributed by atoms with Crippen molar-refractivity contribution in [2.45, 2.75) is 13.8 Å². The lowest BCUT2D eigenvalue weighted by molar-refractivity contribution is -0.385. The van der Waals surface area contributed by atoms with E-state index in [1.54, 1.807) is 0 Å². The number of esters is 1. The zero-order valence-electron chi connectivity index (χ0n) is 16.1.